The lowest BCUT2D eigenvalue weighted by atomic mass is 10.2. The maximum absolute atomic E-state index is 12.6. The summed E-state index contributed by atoms with van der Waals surface area (Å²) < 4.78 is 21.8. The third-order valence-electron chi connectivity index (χ3n) is 3.70. The van der Waals surface area contributed by atoms with E-state index in [2.05, 4.69) is 4.99 Å². The van der Waals surface area contributed by atoms with Crippen molar-refractivity contribution in [2.45, 2.75) is 16.4 Å². The van der Waals surface area contributed by atoms with Gasteiger partial charge in [-0.15, -0.1) is 0 Å². The second-order valence-electron chi connectivity index (χ2n) is 5.84. The molecule has 146 valence electrons. The first-order chi connectivity index (χ1) is 13.1. The van der Waals surface area contributed by atoms with Crippen LogP contribution in [0.2, 0.25) is 0 Å². The number of anilines is 1. The molecule has 1 atom stereocenters. The second kappa shape index (κ2) is 7.95. The number of amidine groups is 1. The highest BCUT2D eigenvalue weighted by Crippen LogP contribution is 2.38. The molecule has 0 spiro atoms. The van der Waals surface area contributed by atoms with Crippen molar-refractivity contribution in [1.29, 1.82) is 0 Å². The first kappa shape index (κ1) is 20.4. The van der Waals surface area contributed by atoms with Crippen LogP contribution in [-0.2, 0) is 14.8 Å². The van der Waals surface area contributed by atoms with Crippen LogP contribution in [-0.4, -0.2) is 29.3 Å². The molecule has 4 N–H and O–H groups in total. The van der Waals surface area contributed by atoms with Crippen LogP contribution in [0.3, 0.4) is 0 Å². The monoisotopic (exact) mass is 436 g/mol. The van der Waals surface area contributed by atoms with Gasteiger partial charge in [0.25, 0.3) is 11.1 Å². The maximum Gasteiger partial charge on any atom is 0.294 e. The number of aliphatic imine (C=N–C) groups is 1. The third-order valence-corrected chi connectivity index (χ3v) is 6.76. The third kappa shape index (κ3) is 4.55. The summed E-state index contributed by atoms with van der Waals surface area (Å²) >= 11 is 1.83. The SMILES string of the molecule is Cc1cccc(N2C(=O)SC(SC(N)=Nc3ccc(S(N)(=O)=O)cc3)C2=O)c1. The fraction of sp³-hybridized carbons (Fsp3) is 0.118. The number of carbonyl (C=O) groups excluding carboxylic acids is 2. The molecular formula is C17H16N4O4S3. The van der Waals surface area contributed by atoms with Crippen LogP contribution >= 0.6 is 23.5 Å². The zero-order valence-corrected chi connectivity index (χ0v) is 17.1. The van der Waals surface area contributed by atoms with Gasteiger partial charge in [0.1, 0.15) is 4.58 Å². The molecular weight excluding hydrogens is 420 g/mol. The summed E-state index contributed by atoms with van der Waals surface area (Å²) in [5.41, 5.74) is 7.74. The zero-order valence-electron chi connectivity index (χ0n) is 14.6. The van der Waals surface area contributed by atoms with Gasteiger partial charge >= 0.3 is 0 Å². The molecule has 0 radical (unpaired) electrons. The molecule has 0 bridgehead atoms. The molecule has 1 heterocycles. The molecule has 2 aromatic carbocycles. The van der Waals surface area contributed by atoms with Crippen LogP contribution in [0.4, 0.5) is 16.2 Å². The van der Waals surface area contributed by atoms with Crippen molar-refractivity contribution in [3.63, 3.8) is 0 Å². The standard InChI is InChI=1S/C17H16N4O4S3/c1-10-3-2-4-12(9-10)21-14(22)15(27-17(21)23)26-16(18)20-11-5-7-13(8-6-11)28(19,24)25/h2-9,15H,1H3,(H2,18,20)(H2,19,24,25). The number of nitrogens with zero attached hydrogens (tertiary/aromatic N) is 2. The Balaban J connectivity index is 1.74. The predicted molar refractivity (Wildman–Crippen MR) is 112 cm³/mol. The normalized spacial score (nSPS) is 18.0. The van der Waals surface area contributed by atoms with Gasteiger partial charge in [-0.3, -0.25) is 9.59 Å². The Bertz CT molecular complexity index is 1070. The van der Waals surface area contributed by atoms with Gasteiger partial charge in [0.05, 0.1) is 16.3 Å². The van der Waals surface area contributed by atoms with Crippen molar-refractivity contribution in [1.82, 2.24) is 0 Å². The van der Waals surface area contributed by atoms with Crippen molar-refractivity contribution >= 4 is 61.2 Å². The molecule has 1 aliphatic rings. The molecule has 2 aromatic rings. The Kier molecular flexibility index (Phi) is 5.79. The highest BCUT2D eigenvalue weighted by Gasteiger charge is 2.41. The molecule has 1 saturated heterocycles. The van der Waals surface area contributed by atoms with Gasteiger partial charge in [-0.1, -0.05) is 23.9 Å². The van der Waals surface area contributed by atoms with Crippen LogP contribution < -0.4 is 15.8 Å². The number of thioether (sulfide) groups is 2. The van der Waals surface area contributed by atoms with Crippen LogP contribution in [0, 0.1) is 6.92 Å². The van der Waals surface area contributed by atoms with E-state index in [1.807, 2.05) is 13.0 Å². The van der Waals surface area contributed by atoms with Crippen LogP contribution in [0.25, 0.3) is 0 Å². The Morgan fingerprint density at radius 1 is 1.18 bits per heavy atom. The minimum absolute atomic E-state index is 0.0430. The van der Waals surface area contributed by atoms with Gasteiger partial charge < -0.3 is 5.73 Å². The summed E-state index contributed by atoms with van der Waals surface area (Å²) in [5, 5.41) is 4.75. The minimum atomic E-state index is -3.79. The van der Waals surface area contributed by atoms with E-state index in [4.69, 9.17) is 10.9 Å². The molecule has 0 saturated carbocycles. The van der Waals surface area contributed by atoms with Crippen LogP contribution in [0.15, 0.2) is 58.4 Å². The Hall–Kier alpha value is -2.34. The molecule has 28 heavy (non-hydrogen) atoms. The van der Waals surface area contributed by atoms with Gasteiger partial charge in [-0.25, -0.2) is 23.4 Å². The fourth-order valence-corrected chi connectivity index (χ4v) is 4.96. The molecule has 1 fully saturated rings. The summed E-state index contributed by atoms with van der Waals surface area (Å²) in [4.78, 5) is 30.2. The predicted octanol–water partition coefficient (Wildman–Crippen LogP) is 2.55. The molecule has 8 nitrogen and oxygen atoms in total. The largest absolute Gasteiger partial charge is 0.378 e. The number of imide groups is 1. The van der Waals surface area contributed by atoms with Gasteiger partial charge in [0.15, 0.2) is 5.17 Å². The number of primary sulfonamides is 1. The van der Waals surface area contributed by atoms with Crippen molar-refractivity contribution in [3.05, 3.63) is 54.1 Å². The Morgan fingerprint density at radius 3 is 2.46 bits per heavy atom. The summed E-state index contributed by atoms with van der Waals surface area (Å²) in [6.07, 6.45) is 0. The van der Waals surface area contributed by atoms with Crippen molar-refractivity contribution < 1.29 is 18.0 Å². The summed E-state index contributed by atoms with van der Waals surface area (Å²) in [7, 11) is -3.79. The van der Waals surface area contributed by atoms with E-state index in [-0.39, 0.29) is 21.2 Å². The van der Waals surface area contributed by atoms with Crippen molar-refractivity contribution in [2.75, 3.05) is 4.90 Å². The molecule has 2 amide bonds. The van der Waals surface area contributed by atoms with Gasteiger partial charge in [-0.2, -0.15) is 0 Å². The smallest absolute Gasteiger partial charge is 0.294 e. The van der Waals surface area contributed by atoms with E-state index in [0.29, 0.717) is 11.4 Å². The maximum atomic E-state index is 12.6. The second-order valence-corrected chi connectivity index (χ2v) is 9.88. The molecule has 11 heteroatoms. The highest BCUT2D eigenvalue weighted by molar-refractivity contribution is 8.31. The number of hydrogen-bond acceptors (Lipinski definition) is 7. The number of amides is 2. The van der Waals surface area contributed by atoms with Crippen LogP contribution in [0.5, 0.6) is 0 Å². The average molecular weight is 437 g/mol. The quantitative estimate of drug-likeness (QED) is 0.555. The molecule has 0 aromatic heterocycles. The molecule has 3 rings (SSSR count). The fourth-order valence-electron chi connectivity index (χ4n) is 2.44. The van der Waals surface area contributed by atoms with E-state index in [1.54, 1.807) is 18.2 Å². The molecule has 1 unspecified atom stereocenters. The number of hydrogen-bond donors (Lipinski definition) is 2. The van der Waals surface area contributed by atoms with Crippen molar-refractivity contribution in [2.24, 2.45) is 15.9 Å². The number of rotatable bonds is 4. The number of nitrogens with two attached hydrogens (primary N) is 2. The lowest BCUT2D eigenvalue weighted by molar-refractivity contribution is -0.115. The Labute approximate surface area is 170 Å². The average Bonchev–Trinajstić information content (AvgIpc) is 2.88. The van der Waals surface area contributed by atoms with Crippen LogP contribution in [0.1, 0.15) is 5.56 Å². The summed E-state index contributed by atoms with van der Waals surface area (Å²) in [6.45, 7) is 1.87. The summed E-state index contributed by atoms with van der Waals surface area (Å²) in [5.74, 6) is -0.381. The van der Waals surface area contributed by atoms with E-state index in [0.717, 1.165) is 34.0 Å². The number of benzene rings is 2. The van der Waals surface area contributed by atoms with Gasteiger partial charge in [0, 0.05) is 0 Å². The minimum Gasteiger partial charge on any atom is -0.378 e. The highest BCUT2D eigenvalue weighted by atomic mass is 32.2. The molecule has 0 aliphatic carbocycles. The first-order valence-corrected chi connectivity index (χ1v) is 11.2. The lowest BCUT2D eigenvalue weighted by Crippen LogP contribution is -2.31. The number of sulfonamides is 1. The Morgan fingerprint density at radius 2 is 1.86 bits per heavy atom. The van der Waals surface area contributed by atoms with E-state index >= 15 is 0 Å². The number of carbonyl (C=O) groups is 2. The van der Waals surface area contributed by atoms with Gasteiger partial charge in [0.2, 0.25) is 10.0 Å². The zero-order chi connectivity index (χ0) is 20.5. The van der Waals surface area contributed by atoms with Crippen molar-refractivity contribution in [3.8, 4) is 0 Å². The van der Waals surface area contributed by atoms with E-state index < -0.39 is 14.6 Å². The van der Waals surface area contributed by atoms with Gasteiger partial charge in [-0.05, 0) is 60.6 Å². The molecule has 1 aliphatic heterocycles. The first-order valence-electron chi connectivity index (χ1n) is 7.90. The van der Waals surface area contributed by atoms with E-state index in [9.17, 15) is 18.0 Å². The topological polar surface area (TPSA) is 136 Å². The lowest BCUT2D eigenvalue weighted by Gasteiger charge is -2.14. The summed E-state index contributed by atoms with van der Waals surface area (Å²) in [6, 6.07) is 12.6. The van der Waals surface area contributed by atoms with E-state index in [1.165, 1.54) is 24.3 Å². The number of aryl methyl sites for hydroxylation is 1.